The van der Waals surface area contributed by atoms with Gasteiger partial charge < -0.3 is 5.73 Å². The van der Waals surface area contributed by atoms with E-state index in [1.54, 1.807) is 12.3 Å². The molecule has 0 spiro atoms. The average molecular weight is 229 g/mol. The van der Waals surface area contributed by atoms with Crippen LogP contribution in [0.25, 0.3) is 0 Å². The van der Waals surface area contributed by atoms with E-state index >= 15 is 0 Å². The molecule has 2 rings (SSSR count). The van der Waals surface area contributed by atoms with E-state index in [1.165, 1.54) is 11.1 Å². The van der Waals surface area contributed by atoms with Gasteiger partial charge in [0.05, 0.1) is 11.6 Å². The number of rotatable bonds is 1. The molecule has 0 radical (unpaired) electrons. The van der Waals surface area contributed by atoms with E-state index in [0.29, 0.717) is 18.4 Å². The fraction of sp³-hybridized carbons (Fsp3) is 0.273. The smallest absolute Gasteiger partial charge is 0.320 e. The van der Waals surface area contributed by atoms with E-state index in [9.17, 15) is 4.79 Å². The number of carbonyl (C=O) groups excluding carboxylic acids is 1. The molecule has 0 bridgehead atoms. The van der Waals surface area contributed by atoms with Gasteiger partial charge in [-0.2, -0.15) is 5.26 Å². The third-order valence-corrected chi connectivity index (χ3v) is 2.77. The van der Waals surface area contributed by atoms with Gasteiger partial charge in [0.15, 0.2) is 0 Å². The minimum absolute atomic E-state index is 0.213. The Kier molecular flexibility index (Phi) is 2.75. The summed E-state index contributed by atoms with van der Waals surface area (Å²) >= 11 is 0. The van der Waals surface area contributed by atoms with Crippen molar-refractivity contribution in [1.29, 1.82) is 10.7 Å². The summed E-state index contributed by atoms with van der Waals surface area (Å²) < 4.78 is 0. The monoisotopic (exact) mass is 229 g/mol. The Morgan fingerprint density at radius 3 is 3.06 bits per heavy atom. The number of amidine groups is 1. The number of amides is 2. The topological polar surface area (TPSA) is 107 Å². The zero-order valence-electron chi connectivity index (χ0n) is 9.05. The number of primary amides is 1. The Bertz CT molecular complexity index is 519. The number of aromatic nitrogens is 1. The SMILES string of the molecule is N#Cc1cncc(C2CCC(=N)N2C(N)=O)c1. The van der Waals surface area contributed by atoms with E-state index in [2.05, 4.69) is 4.98 Å². The van der Waals surface area contributed by atoms with Crippen LogP contribution in [0.5, 0.6) is 0 Å². The van der Waals surface area contributed by atoms with Gasteiger partial charge in [0, 0.05) is 18.8 Å². The molecule has 1 aliphatic rings. The Morgan fingerprint density at radius 1 is 1.65 bits per heavy atom. The summed E-state index contributed by atoms with van der Waals surface area (Å²) in [5.74, 6) is 0.213. The lowest BCUT2D eigenvalue weighted by Crippen LogP contribution is -2.38. The van der Waals surface area contributed by atoms with E-state index in [-0.39, 0.29) is 11.9 Å². The number of hydrogen-bond donors (Lipinski definition) is 2. The van der Waals surface area contributed by atoms with E-state index in [1.807, 2.05) is 6.07 Å². The Morgan fingerprint density at radius 2 is 2.41 bits per heavy atom. The van der Waals surface area contributed by atoms with Crippen molar-refractivity contribution in [2.75, 3.05) is 0 Å². The Labute approximate surface area is 98.2 Å². The first-order valence-corrected chi connectivity index (χ1v) is 5.14. The molecule has 1 aromatic heterocycles. The first-order valence-electron chi connectivity index (χ1n) is 5.14. The molecule has 6 heteroatoms. The minimum atomic E-state index is -0.639. The van der Waals surface area contributed by atoms with Crippen LogP contribution in [0.15, 0.2) is 18.5 Å². The van der Waals surface area contributed by atoms with Crippen molar-refractivity contribution < 1.29 is 4.79 Å². The van der Waals surface area contributed by atoms with Crippen LogP contribution < -0.4 is 5.73 Å². The summed E-state index contributed by atoms with van der Waals surface area (Å²) in [6.45, 7) is 0. The summed E-state index contributed by atoms with van der Waals surface area (Å²) in [5.41, 5.74) is 6.42. The molecule has 3 N–H and O–H groups in total. The minimum Gasteiger partial charge on any atom is -0.351 e. The second-order valence-electron chi connectivity index (χ2n) is 3.83. The molecule has 0 aromatic carbocycles. The van der Waals surface area contributed by atoms with Gasteiger partial charge in [0.2, 0.25) is 0 Å². The summed E-state index contributed by atoms with van der Waals surface area (Å²) in [6.07, 6.45) is 4.20. The number of urea groups is 1. The van der Waals surface area contributed by atoms with Crippen molar-refractivity contribution in [3.63, 3.8) is 0 Å². The maximum atomic E-state index is 11.3. The van der Waals surface area contributed by atoms with Crippen molar-refractivity contribution in [3.8, 4) is 6.07 Å². The number of nitriles is 1. The van der Waals surface area contributed by atoms with Gasteiger partial charge in [-0.1, -0.05) is 0 Å². The molecule has 1 aliphatic heterocycles. The average Bonchev–Trinajstić information content (AvgIpc) is 2.71. The zero-order valence-corrected chi connectivity index (χ0v) is 9.05. The van der Waals surface area contributed by atoms with Crippen LogP contribution >= 0.6 is 0 Å². The number of nitrogens with one attached hydrogen (secondary N) is 1. The third-order valence-electron chi connectivity index (χ3n) is 2.77. The molecule has 2 amide bonds. The summed E-state index contributed by atoms with van der Waals surface area (Å²) in [4.78, 5) is 16.5. The number of carbonyl (C=O) groups is 1. The van der Waals surface area contributed by atoms with Gasteiger partial charge in [-0.05, 0) is 18.1 Å². The van der Waals surface area contributed by atoms with Crippen molar-refractivity contribution in [3.05, 3.63) is 29.6 Å². The predicted molar refractivity (Wildman–Crippen MR) is 60.1 cm³/mol. The van der Waals surface area contributed by atoms with E-state index < -0.39 is 6.03 Å². The molecule has 1 aromatic rings. The van der Waals surface area contributed by atoms with Gasteiger partial charge in [-0.3, -0.25) is 15.3 Å². The number of hydrogen-bond acceptors (Lipinski definition) is 4. The van der Waals surface area contributed by atoms with Crippen molar-refractivity contribution >= 4 is 11.9 Å². The molecule has 86 valence electrons. The van der Waals surface area contributed by atoms with Gasteiger partial charge in [-0.25, -0.2) is 4.79 Å². The molecule has 1 atom stereocenters. The summed E-state index contributed by atoms with van der Waals surface area (Å²) in [7, 11) is 0. The predicted octanol–water partition coefficient (Wildman–Crippen LogP) is 1.15. The lowest BCUT2D eigenvalue weighted by Gasteiger charge is -2.22. The standard InChI is InChI=1S/C11H11N5O/c12-4-7-3-8(6-15-5-7)9-1-2-10(13)16(9)11(14)17/h3,5-6,9,13H,1-2H2,(H2,14,17). The molecule has 1 saturated heterocycles. The highest BCUT2D eigenvalue weighted by Crippen LogP contribution is 2.32. The first-order chi connectivity index (χ1) is 8.13. The summed E-state index contributed by atoms with van der Waals surface area (Å²) in [6, 6.07) is 2.75. The van der Waals surface area contributed by atoms with Crippen LogP contribution in [0.1, 0.15) is 30.0 Å². The first kappa shape index (κ1) is 11.1. The van der Waals surface area contributed by atoms with Crippen LogP contribution in [0.3, 0.4) is 0 Å². The molecule has 1 unspecified atom stereocenters. The molecule has 17 heavy (non-hydrogen) atoms. The fourth-order valence-electron chi connectivity index (χ4n) is 2.01. The largest absolute Gasteiger partial charge is 0.351 e. The fourth-order valence-corrected chi connectivity index (χ4v) is 2.01. The molecule has 6 nitrogen and oxygen atoms in total. The third kappa shape index (κ3) is 1.95. The molecule has 0 aliphatic carbocycles. The Hall–Kier alpha value is -2.42. The van der Waals surface area contributed by atoms with Crippen LogP contribution in [0.4, 0.5) is 4.79 Å². The number of pyridine rings is 1. The highest BCUT2D eigenvalue weighted by molar-refractivity contribution is 5.97. The van der Waals surface area contributed by atoms with Crippen LogP contribution in [-0.2, 0) is 0 Å². The Balaban J connectivity index is 2.36. The summed E-state index contributed by atoms with van der Waals surface area (Å²) in [5, 5.41) is 16.4. The lowest BCUT2D eigenvalue weighted by molar-refractivity contribution is 0.221. The second-order valence-corrected chi connectivity index (χ2v) is 3.83. The van der Waals surface area contributed by atoms with E-state index in [4.69, 9.17) is 16.4 Å². The van der Waals surface area contributed by atoms with Crippen LogP contribution in [0, 0.1) is 16.7 Å². The van der Waals surface area contributed by atoms with Crippen molar-refractivity contribution in [2.24, 2.45) is 5.73 Å². The highest BCUT2D eigenvalue weighted by Gasteiger charge is 2.33. The van der Waals surface area contributed by atoms with Gasteiger partial charge >= 0.3 is 6.03 Å². The molecule has 1 fully saturated rings. The van der Waals surface area contributed by atoms with Crippen molar-refractivity contribution in [2.45, 2.75) is 18.9 Å². The van der Waals surface area contributed by atoms with Gasteiger partial charge in [-0.15, -0.1) is 0 Å². The van der Waals surface area contributed by atoms with Crippen LogP contribution in [0.2, 0.25) is 0 Å². The quantitative estimate of drug-likeness (QED) is 0.753. The van der Waals surface area contributed by atoms with Gasteiger partial charge in [0.25, 0.3) is 0 Å². The molecular weight excluding hydrogens is 218 g/mol. The zero-order chi connectivity index (χ0) is 12.4. The number of nitrogens with two attached hydrogens (primary N) is 1. The number of likely N-dealkylation sites (tertiary alicyclic amines) is 1. The molecule has 0 saturated carbocycles. The van der Waals surface area contributed by atoms with Crippen LogP contribution in [-0.4, -0.2) is 21.8 Å². The maximum absolute atomic E-state index is 11.3. The highest BCUT2D eigenvalue weighted by atomic mass is 16.2. The lowest BCUT2D eigenvalue weighted by atomic mass is 10.1. The normalized spacial score (nSPS) is 19.1. The second kappa shape index (κ2) is 4.22. The van der Waals surface area contributed by atoms with Gasteiger partial charge in [0.1, 0.15) is 11.9 Å². The molecular formula is C11H11N5O. The molecule has 2 heterocycles. The maximum Gasteiger partial charge on any atom is 0.320 e. The number of nitrogens with zero attached hydrogens (tertiary/aromatic N) is 3. The van der Waals surface area contributed by atoms with Crippen molar-refractivity contribution in [1.82, 2.24) is 9.88 Å². The van der Waals surface area contributed by atoms with E-state index in [0.717, 1.165) is 5.56 Å².